The molecule has 0 saturated carbocycles. The van der Waals surface area contributed by atoms with Crippen LogP contribution in [0.1, 0.15) is 18.1 Å². The largest absolute Gasteiger partial charge is 0.490 e. The Morgan fingerprint density at radius 2 is 1.96 bits per heavy atom. The molecule has 2 aromatic carbocycles. The predicted octanol–water partition coefficient (Wildman–Crippen LogP) is 3.50. The number of H-pyrrole nitrogens is 1. The van der Waals surface area contributed by atoms with Gasteiger partial charge in [-0.3, -0.25) is 0 Å². The number of nitrogen functional groups attached to an aromatic ring is 1. The molecular weight excluding hydrogens is 318 g/mol. The summed E-state index contributed by atoms with van der Waals surface area (Å²) in [6, 6.07) is 13.7. The summed E-state index contributed by atoms with van der Waals surface area (Å²) in [4.78, 5) is 4.03. The second-order valence-electron chi connectivity index (χ2n) is 5.49. The molecule has 0 aliphatic carbocycles. The summed E-state index contributed by atoms with van der Waals surface area (Å²) in [5.41, 5.74) is 7.60. The van der Waals surface area contributed by atoms with Crippen LogP contribution in [0.2, 0.25) is 0 Å². The van der Waals surface area contributed by atoms with Crippen molar-refractivity contribution in [1.29, 1.82) is 0 Å². The minimum atomic E-state index is 0.202. The average molecular weight is 339 g/mol. The summed E-state index contributed by atoms with van der Waals surface area (Å²) in [7, 11) is 0. The molecule has 25 heavy (non-hydrogen) atoms. The third-order valence-electron chi connectivity index (χ3n) is 3.54. The fraction of sp³-hybridized carbons (Fsp3) is 0.222. The van der Waals surface area contributed by atoms with E-state index in [1.165, 1.54) is 0 Å². The molecule has 0 saturated heterocycles. The summed E-state index contributed by atoms with van der Waals surface area (Å²) in [6.07, 6.45) is 0. The molecule has 0 fully saturated rings. The van der Waals surface area contributed by atoms with Gasteiger partial charge >= 0.3 is 0 Å². The molecule has 0 aliphatic heterocycles. The number of nitrogens with one attached hydrogen (secondary N) is 2. The number of nitrogens with zero attached hydrogens (tertiary/aromatic N) is 2. The number of hydrogen-bond donors (Lipinski definition) is 3. The first-order chi connectivity index (χ1) is 12.2. The summed E-state index contributed by atoms with van der Waals surface area (Å²) < 4.78 is 11.8. The van der Waals surface area contributed by atoms with Gasteiger partial charge in [0.15, 0.2) is 11.5 Å². The maximum Gasteiger partial charge on any atom is 0.241 e. The molecule has 1 aromatic heterocycles. The van der Waals surface area contributed by atoms with Crippen molar-refractivity contribution in [3.05, 3.63) is 53.6 Å². The van der Waals surface area contributed by atoms with E-state index in [1.54, 1.807) is 0 Å². The first-order valence-electron chi connectivity index (χ1n) is 8.06. The Morgan fingerprint density at radius 1 is 1.12 bits per heavy atom. The zero-order chi connectivity index (χ0) is 17.6. The van der Waals surface area contributed by atoms with Crippen molar-refractivity contribution in [1.82, 2.24) is 15.2 Å². The Balaban J connectivity index is 1.79. The van der Waals surface area contributed by atoms with Crippen molar-refractivity contribution >= 4 is 11.9 Å². The molecule has 0 radical (unpaired) electrons. The van der Waals surface area contributed by atoms with Crippen LogP contribution in [0.25, 0.3) is 0 Å². The standard InChI is InChI=1S/C18H21N5O2/c1-3-24-16-10-12(2)8-9-15(16)25-14-7-5-4-6-13(14)11-20-18-21-17(19)22-23-18/h4-10H,3,11H2,1-2H3,(H4,19,20,21,22,23). The maximum atomic E-state index is 6.11. The highest BCUT2D eigenvalue weighted by molar-refractivity contribution is 5.47. The van der Waals surface area contributed by atoms with Crippen LogP contribution in [-0.2, 0) is 6.54 Å². The molecule has 7 heteroatoms. The molecule has 4 N–H and O–H groups in total. The summed E-state index contributed by atoms with van der Waals surface area (Å²) >= 11 is 0. The molecule has 0 aliphatic rings. The van der Waals surface area contributed by atoms with Crippen molar-refractivity contribution in [2.45, 2.75) is 20.4 Å². The highest BCUT2D eigenvalue weighted by atomic mass is 16.5. The molecule has 0 atom stereocenters. The van der Waals surface area contributed by atoms with E-state index in [0.29, 0.717) is 24.8 Å². The van der Waals surface area contributed by atoms with E-state index in [-0.39, 0.29) is 5.95 Å². The van der Waals surface area contributed by atoms with Gasteiger partial charge < -0.3 is 20.5 Å². The number of rotatable bonds is 7. The van der Waals surface area contributed by atoms with E-state index >= 15 is 0 Å². The number of nitrogens with two attached hydrogens (primary N) is 1. The first kappa shape index (κ1) is 16.6. The molecule has 7 nitrogen and oxygen atoms in total. The van der Waals surface area contributed by atoms with Crippen LogP contribution < -0.4 is 20.5 Å². The van der Waals surface area contributed by atoms with E-state index in [1.807, 2.05) is 56.3 Å². The van der Waals surface area contributed by atoms with E-state index in [2.05, 4.69) is 20.5 Å². The fourth-order valence-electron chi connectivity index (χ4n) is 2.37. The average Bonchev–Trinajstić information content (AvgIpc) is 3.02. The van der Waals surface area contributed by atoms with Gasteiger partial charge in [-0.05, 0) is 37.6 Å². The Morgan fingerprint density at radius 3 is 2.72 bits per heavy atom. The fourth-order valence-corrected chi connectivity index (χ4v) is 2.37. The third kappa shape index (κ3) is 4.20. The normalized spacial score (nSPS) is 10.5. The van der Waals surface area contributed by atoms with E-state index < -0.39 is 0 Å². The SMILES string of the molecule is CCOc1cc(C)ccc1Oc1ccccc1CNc1nc(N)n[nH]1. The highest BCUT2D eigenvalue weighted by Gasteiger charge is 2.10. The van der Waals surface area contributed by atoms with Crippen molar-refractivity contribution in [3.8, 4) is 17.2 Å². The maximum absolute atomic E-state index is 6.11. The minimum Gasteiger partial charge on any atom is -0.490 e. The second kappa shape index (κ2) is 7.57. The molecule has 0 bridgehead atoms. The number of para-hydroxylation sites is 1. The summed E-state index contributed by atoms with van der Waals surface area (Å²) in [5.74, 6) is 2.87. The Bertz CT molecular complexity index is 847. The van der Waals surface area contributed by atoms with Crippen molar-refractivity contribution in [2.75, 3.05) is 17.7 Å². The Labute approximate surface area is 146 Å². The molecule has 3 aromatic rings. The molecule has 130 valence electrons. The van der Waals surface area contributed by atoms with Crippen LogP contribution in [-0.4, -0.2) is 21.8 Å². The first-order valence-corrected chi connectivity index (χ1v) is 8.06. The number of anilines is 2. The number of benzene rings is 2. The van der Waals surface area contributed by atoms with Gasteiger partial charge in [0.05, 0.1) is 6.61 Å². The quantitative estimate of drug-likeness (QED) is 0.609. The van der Waals surface area contributed by atoms with Crippen LogP contribution >= 0.6 is 0 Å². The lowest BCUT2D eigenvalue weighted by molar-refractivity contribution is 0.320. The number of ether oxygens (including phenoxy) is 2. The molecule has 3 rings (SSSR count). The van der Waals surface area contributed by atoms with Gasteiger partial charge in [0.1, 0.15) is 5.75 Å². The number of aryl methyl sites for hydroxylation is 1. The second-order valence-corrected chi connectivity index (χ2v) is 5.49. The Kier molecular flexibility index (Phi) is 5.03. The summed E-state index contributed by atoms with van der Waals surface area (Å²) in [6.45, 7) is 5.07. The van der Waals surface area contributed by atoms with E-state index in [0.717, 1.165) is 22.6 Å². The van der Waals surface area contributed by atoms with Gasteiger partial charge in [0, 0.05) is 12.1 Å². The number of aromatic amines is 1. The van der Waals surface area contributed by atoms with Gasteiger partial charge in [-0.15, -0.1) is 5.10 Å². The number of aromatic nitrogens is 3. The molecule has 0 amide bonds. The van der Waals surface area contributed by atoms with Crippen molar-refractivity contribution in [2.24, 2.45) is 0 Å². The lowest BCUT2D eigenvalue weighted by atomic mass is 10.2. The third-order valence-corrected chi connectivity index (χ3v) is 3.54. The molecule has 0 unspecified atom stereocenters. The highest BCUT2D eigenvalue weighted by Crippen LogP contribution is 2.34. The van der Waals surface area contributed by atoms with Crippen LogP contribution in [0.5, 0.6) is 17.2 Å². The van der Waals surface area contributed by atoms with Crippen LogP contribution in [0.4, 0.5) is 11.9 Å². The minimum absolute atomic E-state index is 0.202. The lowest BCUT2D eigenvalue weighted by Gasteiger charge is -2.15. The number of hydrogen-bond acceptors (Lipinski definition) is 6. The topological polar surface area (TPSA) is 98.1 Å². The monoisotopic (exact) mass is 339 g/mol. The van der Waals surface area contributed by atoms with Crippen molar-refractivity contribution in [3.63, 3.8) is 0 Å². The molecular formula is C18H21N5O2. The summed E-state index contributed by atoms with van der Waals surface area (Å²) in [5, 5.41) is 9.65. The molecule has 0 spiro atoms. The van der Waals surface area contributed by atoms with Crippen LogP contribution in [0.3, 0.4) is 0 Å². The van der Waals surface area contributed by atoms with Gasteiger partial charge in [0.25, 0.3) is 0 Å². The smallest absolute Gasteiger partial charge is 0.241 e. The zero-order valence-electron chi connectivity index (χ0n) is 14.2. The molecule has 1 heterocycles. The van der Waals surface area contributed by atoms with Gasteiger partial charge in [-0.25, -0.2) is 5.10 Å². The van der Waals surface area contributed by atoms with E-state index in [4.69, 9.17) is 15.2 Å². The van der Waals surface area contributed by atoms with E-state index in [9.17, 15) is 0 Å². The lowest BCUT2D eigenvalue weighted by Crippen LogP contribution is -2.03. The Hall–Kier alpha value is -3.22. The predicted molar refractivity (Wildman–Crippen MR) is 97.0 cm³/mol. The van der Waals surface area contributed by atoms with Gasteiger partial charge in [-0.2, -0.15) is 4.98 Å². The zero-order valence-corrected chi connectivity index (χ0v) is 14.2. The van der Waals surface area contributed by atoms with Crippen molar-refractivity contribution < 1.29 is 9.47 Å². The van der Waals surface area contributed by atoms with Crippen LogP contribution in [0, 0.1) is 6.92 Å². The van der Waals surface area contributed by atoms with Gasteiger partial charge in [0.2, 0.25) is 11.9 Å². The van der Waals surface area contributed by atoms with Gasteiger partial charge in [-0.1, -0.05) is 24.3 Å². The van der Waals surface area contributed by atoms with Crippen LogP contribution in [0.15, 0.2) is 42.5 Å².